The van der Waals surface area contributed by atoms with Crippen molar-refractivity contribution < 1.29 is 36.4 Å². The van der Waals surface area contributed by atoms with E-state index < -0.39 is 50.0 Å². The molecule has 2 aliphatic heterocycles. The summed E-state index contributed by atoms with van der Waals surface area (Å²) in [6.07, 6.45) is -5.71. The molecular weight excluding hydrogens is 574 g/mol. The number of alkyl halides is 4. The number of nitrogens with zero attached hydrogens (tertiary/aromatic N) is 2. The van der Waals surface area contributed by atoms with Gasteiger partial charge in [0.25, 0.3) is 5.60 Å². The predicted octanol–water partition coefficient (Wildman–Crippen LogP) is 6.78. The number of rotatable bonds is 5. The molecular formula is C25H21Cl2F5N2O3S. The Hall–Kier alpha value is -2.37. The molecule has 2 aliphatic rings. The molecule has 4 rings (SSSR count). The maximum Gasteiger partial charge on any atom is 0.435 e. The molecule has 1 fully saturated rings. The van der Waals surface area contributed by atoms with Crippen LogP contribution in [0.3, 0.4) is 0 Å². The van der Waals surface area contributed by atoms with Crippen molar-refractivity contribution in [1.29, 1.82) is 0 Å². The van der Waals surface area contributed by atoms with E-state index in [0.29, 0.717) is 0 Å². The number of oxime groups is 1. The summed E-state index contributed by atoms with van der Waals surface area (Å²) in [6.45, 7) is 4.08. The van der Waals surface area contributed by atoms with Crippen LogP contribution in [0.5, 0.6) is 0 Å². The van der Waals surface area contributed by atoms with Crippen molar-refractivity contribution in [2.75, 3.05) is 13.1 Å². The zero-order chi connectivity index (χ0) is 28.3. The summed E-state index contributed by atoms with van der Waals surface area (Å²) in [7, 11) is 0. The van der Waals surface area contributed by atoms with Crippen LogP contribution in [-0.2, 0) is 25.7 Å². The molecule has 2 aromatic carbocycles. The van der Waals surface area contributed by atoms with Crippen molar-refractivity contribution in [2.45, 2.75) is 49.4 Å². The second kappa shape index (κ2) is 9.67. The molecule has 1 amide bonds. The number of carbonyl (C=O) groups excluding carboxylic acids is 2. The molecule has 1 atom stereocenters. The maximum absolute atomic E-state index is 15.5. The molecule has 0 bridgehead atoms. The van der Waals surface area contributed by atoms with E-state index in [4.69, 9.17) is 28.0 Å². The zero-order valence-electron chi connectivity index (χ0n) is 20.3. The van der Waals surface area contributed by atoms with Crippen LogP contribution in [0.25, 0.3) is 0 Å². The van der Waals surface area contributed by atoms with Crippen LogP contribution in [0.15, 0.2) is 41.6 Å². The molecule has 13 heteroatoms. The quantitative estimate of drug-likeness (QED) is 0.283. The van der Waals surface area contributed by atoms with E-state index in [2.05, 4.69) is 5.16 Å². The third-order valence-corrected chi connectivity index (χ3v) is 7.98. The summed E-state index contributed by atoms with van der Waals surface area (Å²) in [4.78, 5) is 30.3. The Morgan fingerprint density at radius 2 is 1.61 bits per heavy atom. The first-order valence-corrected chi connectivity index (χ1v) is 12.8. The maximum atomic E-state index is 15.5. The predicted molar refractivity (Wildman–Crippen MR) is 135 cm³/mol. The lowest BCUT2D eigenvalue weighted by Gasteiger charge is -2.47. The van der Waals surface area contributed by atoms with Gasteiger partial charge in [0.15, 0.2) is 16.6 Å². The van der Waals surface area contributed by atoms with Crippen LogP contribution >= 0.6 is 35.0 Å². The van der Waals surface area contributed by atoms with Gasteiger partial charge in [0.1, 0.15) is 0 Å². The lowest BCUT2D eigenvalue weighted by Crippen LogP contribution is -2.62. The van der Waals surface area contributed by atoms with Gasteiger partial charge < -0.3 is 9.74 Å². The van der Waals surface area contributed by atoms with E-state index in [1.807, 2.05) is 0 Å². The number of carbonyl (C=O) groups is 2. The molecule has 38 heavy (non-hydrogen) atoms. The molecule has 5 nitrogen and oxygen atoms in total. The van der Waals surface area contributed by atoms with Crippen LogP contribution < -0.4 is 0 Å². The molecule has 1 unspecified atom stereocenters. The largest absolute Gasteiger partial charge is 0.435 e. The average Bonchev–Trinajstić information content (AvgIpc) is 3.26. The van der Waals surface area contributed by atoms with Gasteiger partial charge in [0, 0.05) is 18.9 Å². The summed E-state index contributed by atoms with van der Waals surface area (Å²) < 4.78 is 70.9. The molecule has 0 aliphatic carbocycles. The van der Waals surface area contributed by atoms with Gasteiger partial charge in [-0.1, -0.05) is 64.4 Å². The Morgan fingerprint density at radius 3 is 2.11 bits per heavy atom. The van der Waals surface area contributed by atoms with Crippen LogP contribution in [0.4, 0.5) is 22.0 Å². The van der Waals surface area contributed by atoms with Crippen molar-refractivity contribution in [1.82, 2.24) is 4.90 Å². The lowest BCUT2D eigenvalue weighted by atomic mass is 9.84. The molecule has 0 N–H and O–H groups in total. The first kappa shape index (κ1) is 28.6. The molecule has 2 heterocycles. The monoisotopic (exact) mass is 594 g/mol. The van der Waals surface area contributed by atoms with E-state index in [-0.39, 0.29) is 41.0 Å². The second-order valence-electron chi connectivity index (χ2n) is 9.69. The smallest absolute Gasteiger partial charge is 0.374 e. The standard InChI is InChI=1S/C25H21Cl2F5N2O3S/c1-13(35)38-22(2,3)21(36)34-11-23(29,12-34)15-6-4-14(5-7-15)19-10-24(37-33-19,25(30,31)32)16-8-17(26)20(28)18(27)9-16/h4-9H,10-12H2,1-3H3. The second-order valence-corrected chi connectivity index (χ2v) is 12.3. The molecule has 0 radical (unpaired) electrons. The van der Waals surface area contributed by atoms with Crippen LogP contribution in [0, 0.1) is 5.82 Å². The normalized spacial score (nSPS) is 21.0. The minimum absolute atomic E-state index is 0.0632. The van der Waals surface area contributed by atoms with Gasteiger partial charge in [0.05, 0.1) is 33.6 Å². The Kier molecular flexibility index (Phi) is 7.29. The molecule has 1 saturated heterocycles. The number of likely N-dealkylation sites (tertiary alicyclic amines) is 1. The fraction of sp³-hybridized carbons (Fsp3) is 0.400. The zero-order valence-corrected chi connectivity index (χ0v) is 22.6. The SMILES string of the molecule is CC(=O)SC(C)(C)C(=O)N1CC(F)(c2ccc(C3=NOC(c4cc(Cl)c(F)c(Cl)c4)(C(F)(F)F)C3)cc2)C1. The summed E-state index contributed by atoms with van der Waals surface area (Å²) in [5, 5.41) is 2.21. The minimum Gasteiger partial charge on any atom is -0.374 e. The summed E-state index contributed by atoms with van der Waals surface area (Å²) in [6, 6.07) is 7.24. The molecule has 204 valence electrons. The Labute approximate surface area is 229 Å². The van der Waals surface area contributed by atoms with Crippen molar-refractivity contribution in [3.8, 4) is 0 Å². The number of amides is 1. The third-order valence-electron chi connectivity index (χ3n) is 6.46. The molecule has 2 aromatic rings. The first-order chi connectivity index (χ1) is 17.5. The van der Waals surface area contributed by atoms with Crippen LogP contribution in [0.1, 0.15) is 43.9 Å². The van der Waals surface area contributed by atoms with Crippen molar-refractivity contribution in [3.05, 3.63) is 69.0 Å². The Balaban J connectivity index is 1.51. The third kappa shape index (κ3) is 5.00. The number of hydrogen-bond acceptors (Lipinski definition) is 5. The summed E-state index contributed by atoms with van der Waals surface area (Å²) >= 11 is 12.3. The van der Waals surface area contributed by atoms with E-state index in [0.717, 1.165) is 23.9 Å². The molecule has 0 spiro atoms. The fourth-order valence-electron chi connectivity index (χ4n) is 4.48. The van der Waals surface area contributed by atoms with E-state index in [1.54, 1.807) is 13.8 Å². The van der Waals surface area contributed by atoms with Gasteiger partial charge >= 0.3 is 6.18 Å². The van der Waals surface area contributed by atoms with E-state index in [9.17, 15) is 27.2 Å². The van der Waals surface area contributed by atoms with Crippen molar-refractivity contribution in [3.63, 3.8) is 0 Å². The molecule has 0 saturated carbocycles. The highest BCUT2D eigenvalue weighted by Crippen LogP contribution is 2.50. The van der Waals surface area contributed by atoms with E-state index in [1.165, 1.54) is 36.1 Å². The highest BCUT2D eigenvalue weighted by Gasteiger charge is 2.62. The van der Waals surface area contributed by atoms with Crippen LogP contribution in [0.2, 0.25) is 10.0 Å². The van der Waals surface area contributed by atoms with Gasteiger partial charge in [-0.2, -0.15) is 13.2 Å². The topological polar surface area (TPSA) is 59.0 Å². The van der Waals surface area contributed by atoms with Gasteiger partial charge in [-0.25, -0.2) is 8.78 Å². The fourth-order valence-corrected chi connectivity index (χ4v) is 5.90. The van der Waals surface area contributed by atoms with Gasteiger partial charge in [0.2, 0.25) is 5.91 Å². The lowest BCUT2D eigenvalue weighted by molar-refractivity contribution is -0.275. The van der Waals surface area contributed by atoms with Gasteiger partial charge in [-0.05, 0) is 37.1 Å². The number of hydrogen-bond donors (Lipinski definition) is 0. The minimum atomic E-state index is -4.96. The summed E-state index contributed by atoms with van der Waals surface area (Å²) in [5.74, 6) is -1.42. The Bertz CT molecular complexity index is 1300. The first-order valence-electron chi connectivity index (χ1n) is 11.2. The number of benzene rings is 2. The van der Waals surface area contributed by atoms with Crippen molar-refractivity contribution in [2.24, 2.45) is 5.16 Å². The van der Waals surface area contributed by atoms with Gasteiger partial charge in [-0.15, -0.1) is 0 Å². The van der Waals surface area contributed by atoms with Gasteiger partial charge in [-0.3, -0.25) is 9.59 Å². The van der Waals surface area contributed by atoms with E-state index >= 15 is 4.39 Å². The Morgan fingerprint density at radius 1 is 1.05 bits per heavy atom. The number of halogens is 7. The number of thioether (sulfide) groups is 1. The molecule has 0 aromatic heterocycles. The highest BCUT2D eigenvalue weighted by atomic mass is 35.5. The van der Waals surface area contributed by atoms with Crippen molar-refractivity contribution >= 4 is 51.7 Å². The summed E-state index contributed by atoms with van der Waals surface area (Å²) in [5.41, 5.74) is -4.87. The average molecular weight is 595 g/mol. The highest BCUT2D eigenvalue weighted by molar-refractivity contribution is 8.15. The van der Waals surface area contributed by atoms with Crippen LogP contribution in [-0.4, -0.2) is 45.6 Å².